The summed E-state index contributed by atoms with van der Waals surface area (Å²) in [6.07, 6.45) is 3.58. The van der Waals surface area contributed by atoms with Gasteiger partial charge in [0, 0.05) is 6.42 Å². The van der Waals surface area contributed by atoms with E-state index in [1.165, 1.54) is 5.56 Å². The molecule has 0 heterocycles. The van der Waals surface area contributed by atoms with Gasteiger partial charge < -0.3 is 4.74 Å². The van der Waals surface area contributed by atoms with Gasteiger partial charge in [0.1, 0.15) is 0 Å². The van der Waals surface area contributed by atoms with E-state index in [-0.39, 0.29) is 12.4 Å². The first kappa shape index (κ1) is 13.8. The van der Waals surface area contributed by atoms with Crippen LogP contribution in [0.1, 0.15) is 31.7 Å². The molecular formula is C16H20O3. The van der Waals surface area contributed by atoms with Crippen LogP contribution in [-0.2, 0) is 20.7 Å². The minimum atomic E-state index is -0.670. The van der Waals surface area contributed by atoms with Crippen LogP contribution in [0.2, 0.25) is 0 Å². The Balaban J connectivity index is 1.67. The van der Waals surface area contributed by atoms with Crippen LogP contribution in [0.5, 0.6) is 0 Å². The smallest absolute Gasteiger partial charge is 0.374 e. The molecule has 0 aliphatic heterocycles. The minimum absolute atomic E-state index is 0.271. The lowest BCUT2D eigenvalue weighted by Crippen LogP contribution is -2.17. The fourth-order valence-corrected chi connectivity index (χ4v) is 2.44. The summed E-state index contributed by atoms with van der Waals surface area (Å²) >= 11 is 0. The maximum atomic E-state index is 11.5. The molecule has 3 heteroatoms. The number of carbonyl (C=O) groups excluding carboxylic acids is 2. The normalized spacial score (nSPS) is 20.9. The molecule has 0 N–H and O–H groups in total. The lowest BCUT2D eigenvalue weighted by atomic mass is 10.1. The second-order valence-corrected chi connectivity index (χ2v) is 5.13. The van der Waals surface area contributed by atoms with E-state index in [1.54, 1.807) is 6.92 Å². The third-order valence-corrected chi connectivity index (χ3v) is 3.67. The van der Waals surface area contributed by atoms with Crippen LogP contribution in [0.15, 0.2) is 30.3 Å². The van der Waals surface area contributed by atoms with Crippen molar-refractivity contribution in [2.24, 2.45) is 11.8 Å². The van der Waals surface area contributed by atoms with Crippen molar-refractivity contribution >= 4 is 11.8 Å². The van der Waals surface area contributed by atoms with E-state index in [4.69, 9.17) is 4.74 Å². The maximum absolute atomic E-state index is 11.5. The molecule has 3 nitrogen and oxygen atoms in total. The Morgan fingerprint density at radius 2 is 1.95 bits per heavy atom. The molecule has 0 amide bonds. The van der Waals surface area contributed by atoms with Crippen LogP contribution in [-0.4, -0.2) is 18.4 Å². The Labute approximate surface area is 114 Å². The predicted octanol–water partition coefficient (Wildman–Crippen LogP) is 2.78. The van der Waals surface area contributed by atoms with Crippen LogP contribution in [0, 0.1) is 11.8 Å². The highest BCUT2D eigenvalue weighted by Crippen LogP contribution is 2.44. The van der Waals surface area contributed by atoms with Crippen molar-refractivity contribution in [3.05, 3.63) is 35.9 Å². The van der Waals surface area contributed by atoms with Gasteiger partial charge in [0.05, 0.1) is 6.61 Å². The number of hydrogen-bond acceptors (Lipinski definition) is 3. The van der Waals surface area contributed by atoms with Crippen LogP contribution < -0.4 is 0 Å². The summed E-state index contributed by atoms with van der Waals surface area (Å²) in [5.74, 6) is -0.0514. The van der Waals surface area contributed by atoms with E-state index in [2.05, 4.69) is 12.1 Å². The van der Waals surface area contributed by atoms with Crippen LogP contribution >= 0.6 is 0 Å². The van der Waals surface area contributed by atoms with Gasteiger partial charge in [-0.05, 0) is 43.6 Å². The second kappa shape index (κ2) is 6.50. The largest absolute Gasteiger partial charge is 0.460 e. The predicted molar refractivity (Wildman–Crippen MR) is 72.6 cm³/mol. The molecule has 0 unspecified atom stereocenters. The molecule has 2 rings (SSSR count). The Kier molecular flexibility index (Phi) is 4.72. The summed E-state index contributed by atoms with van der Waals surface area (Å²) in [7, 11) is 0. The van der Waals surface area contributed by atoms with Crippen LogP contribution in [0.25, 0.3) is 0 Å². The van der Waals surface area contributed by atoms with E-state index >= 15 is 0 Å². The molecule has 0 spiro atoms. The van der Waals surface area contributed by atoms with Gasteiger partial charge in [-0.1, -0.05) is 30.3 Å². The molecule has 102 valence electrons. The lowest BCUT2D eigenvalue weighted by molar-refractivity contribution is -0.153. The molecule has 0 radical (unpaired) electrons. The molecule has 1 aliphatic rings. The third-order valence-electron chi connectivity index (χ3n) is 3.67. The molecule has 2 atom stereocenters. The minimum Gasteiger partial charge on any atom is -0.460 e. The summed E-state index contributed by atoms with van der Waals surface area (Å²) in [6.45, 7) is 1.98. The summed E-state index contributed by atoms with van der Waals surface area (Å²) in [4.78, 5) is 22.7. The number of Topliss-reactive ketones (excluding diaryl/α,β-unsaturated/α-hetero) is 1. The first-order valence-corrected chi connectivity index (χ1v) is 6.94. The van der Waals surface area contributed by atoms with Crippen LogP contribution in [0.4, 0.5) is 0 Å². The Morgan fingerprint density at radius 1 is 1.21 bits per heavy atom. The maximum Gasteiger partial charge on any atom is 0.374 e. The molecule has 1 saturated carbocycles. The van der Waals surface area contributed by atoms with Crippen molar-refractivity contribution in [3.63, 3.8) is 0 Å². The summed E-state index contributed by atoms with van der Waals surface area (Å²) < 4.78 is 4.71. The van der Waals surface area contributed by atoms with Crippen molar-refractivity contribution in [2.45, 2.75) is 32.6 Å². The topological polar surface area (TPSA) is 43.4 Å². The third kappa shape index (κ3) is 4.19. The van der Waals surface area contributed by atoms with E-state index < -0.39 is 5.97 Å². The number of aryl methyl sites for hydroxylation is 1. The molecule has 1 fully saturated rings. The second-order valence-electron chi connectivity index (χ2n) is 5.13. The van der Waals surface area contributed by atoms with Gasteiger partial charge in [-0.2, -0.15) is 0 Å². The fraction of sp³-hybridized carbons (Fsp3) is 0.500. The highest BCUT2D eigenvalue weighted by atomic mass is 16.5. The zero-order valence-corrected chi connectivity index (χ0v) is 11.3. The lowest BCUT2D eigenvalue weighted by Gasteiger charge is -2.02. The van der Waals surface area contributed by atoms with Crippen molar-refractivity contribution < 1.29 is 14.3 Å². The van der Waals surface area contributed by atoms with Gasteiger partial charge in [-0.3, -0.25) is 4.79 Å². The Hall–Kier alpha value is -1.64. The highest BCUT2D eigenvalue weighted by molar-refractivity contribution is 6.33. The van der Waals surface area contributed by atoms with Gasteiger partial charge in [0.15, 0.2) is 0 Å². The van der Waals surface area contributed by atoms with Crippen LogP contribution in [0.3, 0.4) is 0 Å². The molecular weight excluding hydrogens is 240 g/mol. The quantitative estimate of drug-likeness (QED) is 0.559. The first-order valence-electron chi connectivity index (χ1n) is 6.94. The zero-order chi connectivity index (χ0) is 13.7. The Bertz CT molecular complexity index is 439. The zero-order valence-electron chi connectivity index (χ0n) is 11.3. The van der Waals surface area contributed by atoms with Crippen molar-refractivity contribution in [1.29, 1.82) is 0 Å². The highest BCUT2D eigenvalue weighted by Gasteiger charge is 2.39. The average Bonchev–Trinajstić information content (AvgIpc) is 3.16. The summed E-state index contributed by atoms with van der Waals surface area (Å²) in [5.41, 5.74) is 1.34. The van der Waals surface area contributed by atoms with Gasteiger partial charge in [-0.25, -0.2) is 4.79 Å². The number of ketones is 1. The van der Waals surface area contributed by atoms with Crippen molar-refractivity contribution in [3.8, 4) is 0 Å². The van der Waals surface area contributed by atoms with E-state index in [1.807, 2.05) is 18.2 Å². The van der Waals surface area contributed by atoms with Gasteiger partial charge in [0.2, 0.25) is 5.78 Å². The standard InChI is InChI=1S/C16H20O3/c1-2-19-16(18)15(17)11-14-10-13(14)9-8-12-6-4-3-5-7-12/h3-7,13-14H,2,8-11H2,1H3/t13-,14+/m0/s1. The van der Waals surface area contributed by atoms with Crippen molar-refractivity contribution in [2.75, 3.05) is 6.61 Å². The monoisotopic (exact) mass is 260 g/mol. The number of carbonyl (C=O) groups is 2. The molecule has 1 aromatic rings. The van der Waals surface area contributed by atoms with E-state index in [9.17, 15) is 9.59 Å². The number of ether oxygens (including phenoxy) is 1. The van der Waals surface area contributed by atoms with E-state index in [0.29, 0.717) is 18.3 Å². The molecule has 0 aromatic heterocycles. The fourth-order valence-electron chi connectivity index (χ4n) is 2.44. The number of benzene rings is 1. The molecule has 1 aliphatic carbocycles. The van der Waals surface area contributed by atoms with Gasteiger partial charge in [-0.15, -0.1) is 0 Å². The van der Waals surface area contributed by atoms with Crippen molar-refractivity contribution in [1.82, 2.24) is 0 Å². The average molecular weight is 260 g/mol. The molecule has 0 saturated heterocycles. The van der Waals surface area contributed by atoms with Gasteiger partial charge >= 0.3 is 5.97 Å². The first-order chi connectivity index (χ1) is 9.20. The molecule has 0 bridgehead atoms. The van der Waals surface area contributed by atoms with E-state index in [0.717, 1.165) is 19.3 Å². The number of esters is 1. The molecule has 1 aromatic carbocycles. The summed E-state index contributed by atoms with van der Waals surface area (Å²) in [5, 5.41) is 0. The Morgan fingerprint density at radius 3 is 2.63 bits per heavy atom. The SMILES string of the molecule is CCOC(=O)C(=O)C[C@H]1C[C@@H]1CCc1ccccc1. The molecule has 19 heavy (non-hydrogen) atoms. The van der Waals surface area contributed by atoms with Gasteiger partial charge in [0.25, 0.3) is 0 Å². The number of rotatable bonds is 7. The number of hydrogen-bond donors (Lipinski definition) is 0. The summed E-state index contributed by atoms with van der Waals surface area (Å²) in [6, 6.07) is 10.4.